The molecule has 2 aromatic rings. The van der Waals surface area contributed by atoms with E-state index in [1.165, 1.54) is 4.88 Å². The van der Waals surface area contributed by atoms with E-state index in [1.807, 2.05) is 19.1 Å². The van der Waals surface area contributed by atoms with Crippen molar-refractivity contribution in [3.8, 4) is 5.75 Å². The molecule has 2 N–H and O–H groups in total. The second-order valence-electron chi connectivity index (χ2n) is 4.20. The zero-order valence-electron chi connectivity index (χ0n) is 10.3. The molecule has 0 fully saturated rings. The highest BCUT2D eigenvalue weighted by atomic mass is 32.1. The molecule has 1 unspecified atom stereocenters. The molecule has 94 valence electrons. The largest absolute Gasteiger partial charge is 0.492 e. The van der Waals surface area contributed by atoms with Crippen molar-refractivity contribution in [1.82, 2.24) is 0 Å². The summed E-state index contributed by atoms with van der Waals surface area (Å²) in [4.78, 5) is 1.36. The van der Waals surface area contributed by atoms with E-state index >= 15 is 0 Å². The van der Waals surface area contributed by atoms with Gasteiger partial charge in [-0.15, -0.1) is 11.3 Å². The number of ether oxygens (including phenoxy) is 1. The lowest BCUT2D eigenvalue weighted by atomic mass is 10.1. The molecule has 18 heavy (non-hydrogen) atoms. The Morgan fingerprint density at radius 3 is 3.06 bits per heavy atom. The highest BCUT2D eigenvalue weighted by Crippen LogP contribution is 2.38. The molecule has 1 aliphatic rings. The minimum Gasteiger partial charge on any atom is -0.492 e. The van der Waals surface area contributed by atoms with E-state index in [0.29, 0.717) is 12.6 Å². The molecular formula is C14H16N2OS. The molecule has 0 aliphatic carbocycles. The summed E-state index contributed by atoms with van der Waals surface area (Å²) in [7, 11) is 0. The lowest BCUT2D eigenvalue weighted by Crippen LogP contribution is -2.25. The maximum Gasteiger partial charge on any atom is 0.144 e. The second-order valence-corrected chi connectivity index (χ2v) is 5.18. The fourth-order valence-corrected chi connectivity index (χ4v) is 2.99. The van der Waals surface area contributed by atoms with Crippen molar-refractivity contribution in [3.05, 3.63) is 40.6 Å². The molecular weight excluding hydrogens is 244 g/mol. The summed E-state index contributed by atoms with van der Waals surface area (Å²) in [6.07, 6.45) is 0. The Bertz CT molecular complexity index is 525. The van der Waals surface area contributed by atoms with E-state index in [2.05, 4.69) is 34.2 Å². The first kappa shape index (κ1) is 11.4. The summed E-state index contributed by atoms with van der Waals surface area (Å²) >= 11 is 1.78. The van der Waals surface area contributed by atoms with Gasteiger partial charge in [0.25, 0.3) is 0 Å². The average Bonchev–Trinajstić information content (AvgIpc) is 2.93. The molecule has 1 aliphatic heterocycles. The Labute approximate surface area is 111 Å². The van der Waals surface area contributed by atoms with Crippen molar-refractivity contribution in [3.63, 3.8) is 0 Å². The number of fused-ring (bicyclic) bond motifs is 1. The first-order chi connectivity index (χ1) is 8.88. The molecule has 1 aromatic heterocycles. The zero-order valence-corrected chi connectivity index (χ0v) is 11.1. The van der Waals surface area contributed by atoms with Gasteiger partial charge >= 0.3 is 0 Å². The highest BCUT2D eigenvalue weighted by molar-refractivity contribution is 7.10. The van der Waals surface area contributed by atoms with Crippen LogP contribution in [-0.2, 0) is 0 Å². The summed E-state index contributed by atoms with van der Waals surface area (Å²) in [5.74, 6) is 0.923. The first-order valence-electron chi connectivity index (χ1n) is 6.18. The fourth-order valence-electron chi connectivity index (χ4n) is 2.21. The van der Waals surface area contributed by atoms with Gasteiger partial charge in [-0.2, -0.15) is 0 Å². The summed E-state index contributed by atoms with van der Waals surface area (Å²) in [6.45, 7) is 3.58. The highest BCUT2D eigenvalue weighted by Gasteiger charge is 2.21. The Morgan fingerprint density at radius 1 is 1.33 bits per heavy atom. The molecule has 0 amide bonds. The topological polar surface area (TPSA) is 33.3 Å². The number of para-hydroxylation sites is 1. The normalized spacial score (nSPS) is 17.5. The summed E-state index contributed by atoms with van der Waals surface area (Å²) in [6, 6.07) is 10.7. The molecule has 0 radical (unpaired) electrons. The minimum atomic E-state index is 0.342. The maximum absolute atomic E-state index is 5.63. The van der Waals surface area contributed by atoms with Gasteiger partial charge in [0.05, 0.1) is 18.3 Å². The lowest BCUT2D eigenvalue weighted by Gasteiger charge is -2.29. The van der Waals surface area contributed by atoms with Gasteiger partial charge in [-0.05, 0) is 30.5 Å². The summed E-state index contributed by atoms with van der Waals surface area (Å²) < 4.78 is 5.63. The van der Waals surface area contributed by atoms with Crippen LogP contribution in [0.5, 0.6) is 5.75 Å². The molecule has 0 spiro atoms. The Morgan fingerprint density at radius 2 is 2.28 bits per heavy atom. The Kier molecular flexibility index (Phi) is 3.11. The van der Waals surface area contributed by atoms with E-state index < -0.39 is 0 Å². The van der Waals surface area contributed by atoms with Crippen molar-refractivity contribution in [2.75, 3.05) is 23.8 Å². The van der Waals surface area contributed by atoms with E-state index in [-0.39, 0.29) is 0 Å². The number of rotatable bonds is 3. The third kappa shape index (κ3) is 2.04. The van der Waals surface area contributed by atoms with E-state index in [4.69, 9.17) is 4.74 Å². The lowest BCUT2D eigenvalue weighted by molar-refractivity contribution is 0.341. The predicted octanol–water partition coefficient (Wildman–Crippen LogP) is 3.73. The van der Waals surface area contributed by atoms with Gasteiger partial charge in [-0.3, -0.25) is 0 Å². The first-order valence-corrected chi connectivity index (χ1v) is 7.06. The van der Waals surface area contributed by atoms with Crippen LogP contribution in [-0.4, -0.2) is 13.2 Å². The zero-order chi connectivity index (χ0) is 12.4. The number of thiophene rings is 1. The molecule has 3 rings (SSSR count). The monoisotopic (exact) mass is 260 g/mol. The predicted molar refractivity (Wildman–Crippen MR) is 76.8 cm³/mol. The second kappa shape index (κ2) is 4.90. The summed E-state index contributed by atoms with van der Waals surface area (Å²) in [5, 5.41) is 9.15. The molecule has 3 nitrogen and oxygen atoms in total. The number of nitrogens with one attached hydrogen (secondary N) is 2. The third-order valence-electron chi connectivity index (χ3n) is 3.03. The molecule has 0 saturated heterocycles. The molecule has 4 heteroatoms. The van der Waals surface area contributed by atoms with Crippen LogP contribution in [0.1, 0.15) is 17.8 Å². The van der Waals surface area contributed by atoms with Gasteiger partial charge < -0.3 is 15.4 Å². The van der Waals surface area contributed by atoms with Gasteiger partial charge in [0.1, 0.15) is 11.4 Å². The standard InChI is InChI=1S/C14H16N2OS/c1-2-17-12-6-3-5-10-14(12)15-9-11(16-10)13-7-4-8-18-13/h3-8,11,15-16H,2,9H2,1H3. The molecule has 1 aromatic carbocycles. The molecule has 1 atom stereocenters. The van der Waals surface area contributed by atoms with Gasteiger partial charge in [-0.25, -0.2) is 0 Å². The smallest absolute Gasteiger partial charge is 0.144 e. The Hall–Kier alpha value is -1.68. The van der Waals surface area contributed by atoms with Gasteiger partial charge in [-0.1, -0.05) is 12.1 Å². The van der Waals surface area contributed by atoms with Crippen molar-refractivity contribution in [1.29, 1.82) is 0 Å². The fraction of sp³-hybridized carbons (Fsp3) is 0.286. The van der Waals surface area contributed by atoms with Crippen LogP contribution in [0.4, 0.5) is 11.4 Å². The number of hydrogen-bond acceptors (Lipinski definition) is 4. The van der Waals surface area contributed by atoms with Crippen LogP contribution in [0.2, 0.25) is 0 Å². The summed E-state index contributed by atoms with van der Waals surface area (Å²) in [5.41, 5.74) is 2.19. The number of hydrogen-bond donors (Lipinski definition) is 2. The quantitative estimate of drug-likeness (QED) is 0.882. The minimum absolute atomic E-state index is 0.342. The van der Waals surface area contributed by atoms with Crippen LogP contribution in [0, 0.1) is 0 Å². The third-order valence-corrected chi connectivity index (χ3v) is 4.01. The number of benzene rings is 1. The van der Waals surface area contributed by atoms with Crippen molar-refractivity contribution in [2.24, 2.45) is 0 Å². The average molecular weight is 260 g/mol. The Balaban J connectivity index is 1.87. The van der Waals surface area contributed by atoms with Crippen LogP contribution >= 0.6 is 11.3 Å². The molecule has 0 saturated carbocycles. The van der Waals surface area contributed by atoms with Crippen molar-refractivity contribution in [2.45, 2.75) is 13.0 Å². The SMILES string of the molecule is CCOc1cccc2c1NCC(c1cccs1)N2. The van der Waals surface area contributed by atoms with Crippen LogP contribution in [0.3, 0.4) is 0 Å². The van der Waals surface area contributed by atoms with Crippen LogP contribution < -0.4 is 15.4 Å². The number of anilines is 2. The van der Waals surface area contributed by atoms with Crippen molar-refractivity contribution >= 4 is 22.7 Å². The van der Waals surface area contributed by atoms with E-state index in [0.717, 1.165) is 23.7 Å². The van der Waals surface area contributed by atoms with Crippen LogP contribution in [0.25, 0.3) is 0 Å². The molecule has 2 heterocycles. The van der Waals surface area contributed by atoms with Gasteiger partial charge in [0.15, 0.2) is 0 Å². The van der Waals surface area contributed by atoms with Gasteiger partial charge in [0, 0.05) is 11.4 Å². The van der Waals surface area contributed by atoms with Crippen molar-refractivity contribution < 1.29 is 4.74 Å². The molecule has 0 bridgehead atoms. The maximum atomic E-state index is 5.63. The van der Waals surface area contributed by atoms with E-state index in [9.17, 15) is 0 Å². The van der Waals surface area contributed by atoms with E-state index in [1.54, 1.807) is 11.3 Å². The van der Waals surface area contributed by atoms with Gasteiger partial charge in [0.2, 0.25) is 0 Å². The van der Waals surface area contributed by atoms with Crippen LogP contribution in [0.15, 0.2) is 35.7 Å².